The fourth-order valence-corrected chi connectivity index (χ4v) is 3.25. The Morgan fingerprint density at radius 2 is 2.00 bits per heavy atom. The average Bonchev–Trinajstić information content (AvgIpc) is 3.36. The molecular formula is C18H13ClFN5O2S. The van der Waals surface area contributed by atoms with Crippen LogP contribution in [0.2, 0.25) is 5.02 Å². The third-order valence-electron chi connectivity index (χ3n) is 3.76. The van der Waals surface area contributed by atoms with Gasteiger partial charge in [0.25, 0.3) is 0 Å². The first-order chi connectivity index (χ1) is 13.6. The molecule has 7 nitrogen and oxygen atoms in total. The summed E-state index contributed by atoms with van der Waals surface area (Å²) in [5.41, 5.74) is 1.36. The van der Waals surface area contributed by atoms with Crippen LogP contribution < -0.4 is 4.74 Å². The molecule has 0 aliphatic carbocycles. The maximum absolute atomic E-state index is 13.0. The molecule has 10 heteroatoms. The highest BCUT2D eigenvalue weighted by Crippen LogP contribution is 2.31. The van der Waals surface area contributed by atoms with Crippen LogP contribution in [0.1, 0.15) is 5.89 Å². The van der Waals surface area contributed by atoms with E-state index in [-0.39, 0.29) is 5.82 Å². The Morgan fingerprint density at radius 1 is 1.18 bits per heavy atom. The lowest BCUT2D eigenvalue weighted by atomic mass is 10.2. The highest BCUT2D eigenvalue weighted by atomic mass is 35.5. The van der Waals surface area contributed by atoms with Crippen molar-refractivity contribution in [2.45, 2.75) is 10.9 Å². The van der Waals surface area contributed by atoms with Crippen molar-refractivity contribution in [3.63, 3.8) is 0 Å². The quantitative estimate of drug-likeness (QED) is 0.458. The number of hydrogen-bond acceptors (Lipinski definition) is 7. The van der Waals surface area contributed by atoms with Gasteiger partial charge >= 0.3 is 0 Å². The Hall–Kier alpha value is -2.91. The molecule has 0 saturated carbocycles. The van der Waals surface area contributed by atoms with Gasteiger partial charge < -0.3 is 9.15 Å². The summed E-state index contributed by atoms with van der Waals surface area (Å²) in [5, 5.41) is 16.1. The summed E-state index contributed by atoms with van der Waals surface area (Å²) >= 11 is 7.40. The van der Waals surface area contributed by atoms with E-state index in [9.17, 15) is 4.39 Å². The number of methoxy groups -OCH3 is 1. The van der Waals surface area contributed by atoms with Crippen molar-refractivity contribution in [2.24, 2.45) is 0 Å². The number of rotatable bonds is 6. The number of thioether (sulfide) groups is 1. The summed E-state index contributed by atoms with van der Waals surface area (Å²) < 4.78 is 24.0. The summed E-state index contributed by atoms with van der Waals surface area (Å²) in [4.78, 5) is 4.45. The van der Waals surface area contributed by atoms with E-state index < -0.39 is 0 Å². The number of nitrogens with one attached hydrogen (secondary N) is 1. The zero-order chi connectivity index (χ0) is 19.5. The molecule has 0 saturated heterocycles. The van der Waals surface area contributed by atoms with Gasteiger partial charge in [0.15, 0.2) is 5.82 Å². The predicted octanol–water partition coefficient (Wildman–Crippen LogP) is 4.62. The molecule has 0 radical (unpaired) electrons. The van der Waals surface area contributed by atoms with E-state index in [2.05, 4.69) is 25.4 Å². The van der Waals surface area contributed by atoms with Gasteiger partial charge in [-0.1, -0.05) is 23.4 Å². The Bertz CT molecular complexity index is 1100. The van der Waals surface area contributed by atoms with Crippen molar-refractivity contribution in [3.8, 4) is 28.6 Å². The summed E-state index contributed by atoms with van der Waals surface area (Å²) in [6.07, 6.45) is 0. The summed E-state index contributed by atoms with van der Waals surface area (Å²) in [6, 6.07) is 11.1. The minimum atomic E-state index is -0.323. The largest absolute Gasteiger partial charge is 0.496 e. The molecule has 1 N–H and O–H groups in total. The highest BCUT2D eigenvalue weighted by molar-refractivity contribution is 7.98. The molecule has 2 aromatic heterocycles. The van der Waals surface area contributed by atoms with E-state index in [0.29, 0.717) is 50.4 Å². The first-order valence-electron chi connectivity index (χ1n) is 8.10. The number of aromatic nitrogens is 5. The zero-order valence-corrected chi connectivity index (χ0v) is 16.1. The Morgan fingerprint density at radius 3 is 2.79 bits per heavy atom. The van der Waals surface area contributed by atoms with E-state index in [4.69, 9.17) is 20.8 Å². The van der Waals surface area contributed by atoms with E-state index >= 15 is 0 Å². The van der Waals surface area contributed by atoms with Gasteiger partial charge in [-0.15, -0.1) is 15.3 Å². The number of halogens is 2. The van der Waals surface area contributed by atoms with E-state index in [1.807, 2.05) is 0 Å². The van der Waals surface area contributed by atoms with Crippen LogP contribution in [0.5, 0.6) is 5.75 Å². The van der Waals surface area contributed by atoms with Gasteiger partial charge in [-0.2, -0.15) is 0 Å². The van der Waals surface area contributed by atoms with Gasteiger partial charge in [-0.05, 0) is 42.5 Å². The van der Waals surface area contributed by atoms with Crippen molar-refractivity contribution in [1.29, 1.82) is 0 Å². The van der Waals surface area contributed by atoms with Crippen molar-refractivity contribution >= 4 is 23.4 Å². The normalized spacial score (nSPS) is 11.0. The van der Waals surface area contributed by atoms with Crippen molar-refractivity contribution < 1.29 is 13.5 Å². The van der Waals surface area contributed by atoms with Crippen LogP contribution in [0.15, 0.2) is 52.0 Å². The lowest BCUT2D eigenvalue weighted by Crippen LogP contribution is -1.89. The molecule has 2 aromatic carbocycles. The molecule has 0 amide bonds. The number of nitrogens with zero attached hydrogens (tertiary/aromatic N) is 4. The first kappa shape index (κ1) is 18.5. The Balaban J connectivity index is 1.46. The van der Waals surface area contributed by atoms with Crippen LogP contribution in [0, 0.1) is 5.82 Å². The first-order valence-corrected chi connectivity index (χ1v) is 9.46. The third-order valence-corrected chi connectivity index (χ3v) is 4.83. The van der Waals surface area contributed by atoms with Crippen molar-refractivity contribution in [3.05, 3.63) is 59.2 Å². The Kier molecular flexibility index (Phi) is 5.27. The molecule has 2 heterocycles. The van der Waals surface area contributed by atoms with E-state index in [1.54, 1.807) is 37.4 Å². The van der Waals surface area contributed by atoms with Gasteiger partial charge in [-0.3, -0.25) is 5.10 Å². The van der Waals surface area contributed by atoms with Crippen LogP contribution >= 0.6 is 23.4 Å². The second-order valence-corrected chi connectivity index (χ2v) is 6.99. The van der Waals surface area contributed by atoms with Gasteiger partial charge in [0.2, 0.25) is 16.9 Å². The van der Waals surface area contributed by atoms with Gasteiger partial charge in [0, 0.05) is 10.6 Å². The van der Waals surface area contributed by atoms with Crippen molar-refractivity contribution in [1.82, 2.24) is 25.4 Å². The van der Waals surface area contributed by atoms with Gasteiger partial charge in [0.05, 0.1) is 18.4 Å². The highest BCUT2D eigenvalue weighted by Gasteiger charge is 2.14. The maximum atomic E-state index is 13.0. The second-order valence-electron chi connectivity index (χ2n) is 5.61. The molecule has 142 valence electrons. The molecule has 0 atom stereocenters. The number of aromatic amines is 1. The maximum Gasteiger partial charge on any atom is 0.247 e. The van der Waals surface area contributed by atoms with Crippen LogP contribution in [0.25, 0.3) is 22.8 Å². The lowest BCUT2D eigenvalue weighted by molar-refractivity contribution is 0.416. The minimum absolute atomic E-state index is 0.323. The zero-order valence-electron chi connectivity index (χ0n) is 14.5. The molecule has 4 rings (SSSR count). The number of hydrogen-bond donors (Lipinski definition) is 1. The molecule has 0 bridgehead atoms. The lowest BCUT2D eigenvalue weighted by Gasteiger charge is -2.05. The van der Waals surface area contributed by atoms with E-state index in [1.165, 1.54) is 23.9 Å². The second kappa shape index (κ2) is 7.99. The SMILES string of the molecule is COc1ccc(Cl)cc1-c1nc(SCc2nnc(-c3ccc(F)cc3)o2)n[nH]1. The third kappa shape index (κ3) is 4.00. The number of benzene rings is 2. The topological polar surface area (TPSA) is 89.7 Å². The van der Waals surface area contributed by atoms with Crippen LogP contribution in [0.4, 0.5) is 4.39 Å². The minimum Gasteiger partial charge on any atom is -0.496 e. The summed E-state index contributed by atoms with van der Waals surface area (Å²) in [7, 11) is 1.58. The van der Waals surface area contributed by atoms with Crippen LogP contribution in [-0.2, 0) is 5.75 Å². The summed E-state index contributed by atoms with van der Waals surface area (Å²) in [6.45, 7) is 0. The number of H-pyrrole nitrogens is 1. The molecule has 0 unspecified atom stereocenters. The molecule has 0 fully saturated rings. The molecule has 28 heavy (non-hydrogen) atoms. The van der Waals surface area contributed by atoms with Gasteiger partial charge in [-0.25, -0.2) is 9.37 Å². The van der Waals surface area contributed by atoms with E-state index in [0.717, 1.165) is 0 Å². The smallest absolute Gasteiger partial charge is 0.247 e. The molecule has 4 aromatic rings. The molecular weight excluding hydrogens is 405 g/mol. The van der Waals surface area contributed by atoms with Crippen LogP contribution in [-0.4, -0.2) is 32.5 Å². The standard InChI is InChI=1S/C18H13ClFN5O2S/c1-26-14-7-4-11(19)8-13(14)16-21-18(25-23-16)28-9-15-22-24-17(27-15)10-2-5-12(20)6-3-10/h2-8H,9H2,1H3,(H,21,23,25). The average molecular weight is 418 g/mol. The van der Waals surface area contributed by atoms with Crippen molar-refractivity contribution in [2.75, 3.05) is 7.11 Å². The Labute approximate surface area is 168 Å². The number of ether oxygens (including phenoxy) is 1. The molecule has 0 aliphatic rings. The summed E-state index contributed by atoms with van der Waals surface area (Å²) in [5.74, 6) is 1.98. The fraction of sp³-hybridized carbons (Fsp3) is 0.111. The van der Waals surface area contributed by atoms with Gasteiger partial charge in [0.1, 0.15) is 11.6 Å². The fourth-order valence-electron chi connectivity index (χ4n) is 2.44. The molecule has 0 aliphatic heterocycles. The monoisotopic (exact) mass is 417 g/mol. The van der Waals surface area contributed by atoms with Crippen LogP contribution in [0.3, 0.4) is 0 Å². The predicted molar refractivity (Wildman–Crippen MR) is 103 cm³/mol. The molecule has 0 spiro atoms.